The molecule has 1 aromatic carbocycles. The number of benzene rings is 1. The van der Waals surface area contributed by atoms with Crippen LogP contribution in [0.15, 0.2) is 35.7 Å². The van der Waals surface area contributed by atoms with E-state index in [1.54, 1.807) is 6.92 Å². The number of nitrogens with one attached hydrogen (secondary N) is 1. The highest BCUT2D eigenvalue weighted by Gasteiger charge is 2.16. The summed E-state index contributed by atoms with van der Waals surface area (Å²) in [4.78, 5) is 23.4. The zero-order valence-electron chi connectivity index (χ0n) is 10.6. The maximum Gasteiger partial charge on any atom is 0.237 e. The quantitative estimate of drug-likeness (QED) is 0.833. The molecule has 1 amide bonds. The molecule has 3 N–H and O–H groups in total. The Morgan fingerprint density at radius 3 is 2.70 bits per heavy atom. The van der Waals surface area contributed by atoms with Gasteiger partial charge >= 0.3 is 0 Å². The van der Waals surface area contributed by atoms with Gasteiger partial charge < -0.3 is 11.1 Å². The predicted octanol–water partition coefficient (Wildman–Crippen LogP) is 1.71. The van der Waals surface area contributed by atoms with Gasteiger partial charge in [-0.2, -0.15) is 4.98 Å². The monoisotopic (exact) mass is 293 g/mol. The largest absolute Gasteiger partial charge is 0.368 e. The van der Waals surface area contributed by atoms with Gasteiger partial charge in [0.1, 0.15) is 12.1 Å². The number of thioether (sulfide) groups is 1. The molecule has 1 aromatic heterocycles. The fourth-order valence-electron chi connectivity index (χ4n) is 1.34. The van der Waals surface area contributed by atoms with E-state index in [-0.39, 0.29) is 17.7 Å². The first-order valence-electron chi connectivity index (χ1n) is 5.72. The molecule has 0 spiro atoms. The minimum atomic E-state index is -0.429. The molecule has 0 aliphatic carbocycles. The van der Waals surface area contributed by atoms with Crippen molar-refractivity contribution < 1.29 is 9.18 Å². The van der Waals surface area contributed by atoms with Crippen LogP contribution in [-0.4, -0.2) is 26.1 Å². The Hall–Kier alpha value is -2.22. The van der Waals surface area contributed by atoms with Crippen LogP contribution in [-0.2, 0) is 4.79 Å². The van der Waals surface area contributed by atoms with Crippen molar-refractivity contribution in [3.8, 4) is 0 Å². The van der Waals surface area contributed by atoms with E-state index in [0.29, 0.717) is 10.8 Å². The Morgan fingerprint density at radius 1 is 1.35 bits per heavy atom. The van der Waals surface area contributed by atoms with Crippen LogP contribution in [0.4, 0.5) is 16.0 Å². The zero-order chi connectivity index (χ0) is 14.5. The molecule has 0 fully saturated rings. The Labute approximate surface area is 119 Å². The zero-order valence-corrected chi connectivity index (χ0v) is 11.4. The average molecular weight is 293 g/mol. The number of amides is 1. The summed E-state index contributed by atoms with van der Waals surface area (Å²) in [6, 6.07) is 5.54. The number of carbonyl (C=O) groups is 1. The van der Waals surface area contributed by atoms with Crippen molar-refractivity contribution in [3.63, 3.8) is 0 Å². The standard InChI is InChI=1S/C12H12FN5OS/c1-7(20-12-16-6-15-11(14)18-12)10(19)17-9-4-2-8(13)3-5-9/h2-7H,1H3,(H,17,19)(H2,14,15,16,18). The number of anilines is 2. The van der Waals surface area contributed by atoms with Crippen LogP contribution in [0.2, 0.25) is 0 Å². The van der Waals surface area contributed by atoms with Crippen molar-refractivity contribution in [1.82, 2.24) is 15.0 Å². The summed E-state index contributed by atoms with van der Waals surface area (Å²) in [5.74, 6) is -0.486. The highest BCUT2D eigenvalue weighted by molar-refractivity contribution is 8.00. The highest BCUT2D eigenvalue weighted by atomic mass is 32.2. The third kappa shape index (κ3) is 3.89. The summed E-state index contributed by atoms with van der Waals surface area (Å²) in [5.41, 5.74) is 5.96. The van der Waals surface area contributed by atoms with Gasteiger partial charge in [0.2, 0.25) is 11.9 Å². The minimum absolute atomic E-state index is 0.105. The lowest BCUT2D eigenvalue weighted by Gasteiger charge is -2.10. The molecular formula is C12H12FN5OS. The molecule has 0 bridgehead atoms. The molecule has 8 heteroatoms. The fraction of sp³-hybridized carbons (Fsp3) is 0.167. The number of rotatable bonds is 4. The van der Waals surface area contributed by atoms with Crippen molar-refractivity contribution in [3.05, 3.63) is 36.4 Å². The normalized spacial score (nSPS) is 11.9. The molecule has 6 nitrogen and oxygen atoms in total. The molecule has 2 rings (SSSR count). The molecule has 0 aliphatic heterocycles. The van der Waals surface area contributed by atoms with Gasteiger partial charge in [-0.15, -0.1) is 0 Å². The van der Waals surface area contributed by atoms with Crippen LogP contribution in [0.25, 0.3) is 0 Å². The smallest absolute Gasteiger partial charge is 0.237 e. The number of halogens is 1. The van der Waals surface area contributed by atoms with Crippen molar-refractivity contribution in [1.29, 1.82) is 0 Å². The Balaban J connectivity index is 1.96. The van der Waals surface area contributed by atoms with Gasteiger partial charge in [-0.05, 0) is 31.2 Å². The van der Waals surface area contributed by atoms with Crippen LogP contribution in [0.5, 0.6) is 0 Å². The number of carbonyl (C=O) groups excluding carboxylic acids is 1. The van der Waals surface area contributed by atoms with Crippen LogP contribution in [0.1, 0.15) is 6.92 Å². The fourth-order valence-corrected chi connectivity index (χ4v) is 2.08. The third-order valence-corrected chi connectivity index (χ3v) is 3.31. The van der Waals surface area contributed by atoms with E-state index in [4.69, 9.17) is 5.73 Å². The van der Waals surface area contributed by atoms with E-state index in [2.05, 4.69) is 20.3 Å². The van der Waals surface area contributed by atoms with Crippen LogP contribution < -0.4 is 11.1 Å². The van der Waals surface area contributed by atoms with Gasteiger partial charge in [0.25, 0.3) is 0 Å². The first kappa shape index (κ1) is 14.2. The molecule has 0 aliphatic rings. The predicted molar refractivity (Wildman–Crippen MR) is 74.6 cm³/mol. The second-order valence-electron chi connectivity index (χ2n) is 3.88. The van der Waals surface area contributed by atoms with Gasteiger partial charge in [-0.25, -0.2) is 14.4 Å². The maximum absolute atomic E-state index is 12.8. The highest BCUT2D eigenvalue weighted by Crippen LogP contribution is 2.20. The minimum Gasteiger partial charge on any atom is -0.368 e. The van der Waals surface area contributed by atoms with E-state index in [1.165, 1.54) is 30.6 Å². The molecule has 104 valence electrons. The van der Waals surface area contributed by atoms with Gasteiger partial charge in [-0.3, -0.25) is 4.79 Å². The van der Waals surface area contributed by atoms with Crippen molar-refractivity contribution in [2.75, 3.05) is 11.1 Å². The van der Waals surface area contributed by atoms with Crippen molar-refractivity contribution in [2.45, 2.75) is 17.3 Å². The van der Waals surface area contributed by atoms with Gasteiger partial charge in [0.05, 0.1) is 5.25 Å². The first-order chi connectivity index (χ1) is 9.54. The van der Waals surface area contributed by atoms with Crippen LogP contribution in [0, 0.1) is 5.82 Å². The van der Waals surface area contributed by atoms with Gasteiger partial charge in [-0.1, -0.05) is 11.8 Å². The SMILES string of the molecule is CC(Sc1ncnc(N)n1)C(=O)Nc1ccc(F)cc1. The number of hydrogen-bond acceptors (Lipinski definition) is 6. The van der Waals surface area contributed by atoms with E-state index in [9.17, 15) is 9.18 Å². The topological polar surface area (TPSA) is 93.8 Å². The number of nitrogens with two attached hydrogens (primary N) is 1. The maximum atomic E-state index is 12.8. The van der Waals surface area contributed by atoms with Crippen molar-refractivity contribution in [2.24, 2.45) is 0 Å². The molecule has 2 aromatic rings. The summed E-state index contributed by atoms with van der Waals surface area (Å²) in [7, 11) is 0. The van der Waals surface area contributed by atoms with E-state index in [1.807, 2.05) is 0 Å². The third-order valence-electron chi connectivity index (χ3n) is 2.33. The molecule has 20 heavy (non-hydrogen) atoms. The van der Waals surface area contributed by atoms with Crippen LogP contribution in [0.3, 0.4) is 0 Å². The summed E-state index contributed by atoms with van der Waals surface area (Å²) in [6.07, 6.45) is 1.29. The first-order valence-corrected chi connectivity index (χ1v) is 6.60. The van der Waals surface area contributed by atoms with Crippen molar-refractivity contribution >= 4 is 29.3 Å². The molecule has 0 radical (unpaired) electrons. The van der Waals surface area contributed by atoms with Gasteiger partial charge in [0.15, 0.2) is 5.16 Å². The average Bonchev–Trinajstić information content (AvgIpc) is 2.41. The molecular weight excluding hydrogens is 281 g/mol. The Morgan fingerprint density at radius 2 is 2.05 bits per heavy atom. The van der Waals surface area contributed by atoms with E-state index in [0.717, 1.165) is 11.8 Å². The molecule has 1 heterocycles. The molecule has 1 atom stereocenters. The van der Waals surface area contributed by atoms with E-state index < -0.39 is 5.25 Å². The lowest BCUT2D eigenvalue weighted by molar-refractivity contribution is -0.115. The number of aromatic nitrogens is 3. The molecule has 0 saturated heterocycles. The summed E-state index contributed by atoms with van der Waals surface area (Å²) < 4.78 is 12.8. The summed E-state index contributed by atoms with van der Waals surface area (Å²) >= 11 is 1.16. The Kier molecular flexibility index (Phi) is 4.46. The lowest BCUT2D eigenvalue weighted by atomic mass is 10.3. The number of hydrogen-bond donors (Lipinski definition) is 2. The number of nitrogens with zero attached hydrogens (tertiary/aromatic N) is 3. The Bertz CT molecular complexity index is 607. The van der Waals surface area contributed by atoms with Crippen LogP contribution >= 0.6 is 11.8 Å². The second-order valence-corrected chi connectivity index (χ2v) is 5.19. The molecule has 1 unspecified atom stereocenters. The lowest BCUT2D eigenvalue weighted by Crippen LogP contribution is -2.22. The molecule has 0 saturated carbocycles. The van der Waals surface area contributed by atoms with E-state index >= 15 is 0 Å². The second kappa shape index (κ2) is 6.29. The summed E-state index contributed by atoms with van der Waals surface area (Å²) in [6.45, 7) is 1.71. The van der Waals surface area contributed by atoms with Gasteiger partial charge in [0, 0.05) is 5.69 Å². The summed E-state index contributed by atoms with van der Waals surface area (Å²) in [5, 5.41) is 2.62. The number of nitrogen functional groups attached to an aromatic ring is 1.